The van der Waals surface area contributed by atoms with E-state index >= 15 is 0 Å². The molecule has 0 amide bonds. The summed E-state index contributed by atoms with van der Waals surface area (Å²) in [5, 5.41) is 0. The Morgan fingerprint density at radius 3 is 1.77 bits per heavy atom. The molecule has 0 N–H and O–H groups in total. The van der Waals surface area contributed by atoms with Gasteiger partial charge in [0.1, 0.15) is 10.6 Å². The molecule has 0 aromatic heterocycles. The Kier molecular flexibility index (Phi) is 11.5. The SMILES string of the molecule is CC(=O)CC(Cl)Cl.CCOC(C)=O. The Morgan fingerprint density at radius 2 is 1.77 bits per heavy atom. The molecule has 0 saturated heterocycles. The minimum atomic E-state index is -0.530. The minimum absolute atomic E-state index is 0.0231. The average Bonchev–Trinajstić information content (AvgIpc) is 1.83. The first kappa shape index (κ1) is 15.2. The van der Waals surface area contributed by atoms with Crippen LogP contribution in [-0.4, -0.2) is 23.2 Å². The molecule has 13 heavy (non-hydrogen) atoms. The van der Waals surface area contributed by atoms with Crippen molar-refractivity contribution >= 4 is 35.0 Å². The smallest absolute Gasteiger partial charge is 0.302 e. The van der Waals surface area contributed by atoms with Crippen molar-refractivity contribution in [2.24, 2.45) is 0 Å². The number of alkyl halides is 2. The fourth-order valence-electron chi connectivity index (χ4n) is 0.421. The first-order valence-electron chi connectivity index (χ1n) is 3.81. The molecule has 0 aliphatic rings. The molecule has 0 aromatic rings. The topological polar surface area (TPSA) is 43.4 Å². The molecule has 5 heteroatoms. The fourth-order valence-corrected chi connectivity index (χ4v) is 0.855. The number of hydrogen-bond donors (Lipinski definition) is 0. The van der Waals surface area contributed by atoms with Crippen molar-refractivity contribution < 1.29 is 14.3 Å². The summed E-state index contributed by atoms with van der Waals surface area (Å²) in [5.74, 6) is -0.187. The Morgan fingerprint density at radius 1 is 1.31 bits per heavy atom. The second-order valence-electron chi connectivity index (χ2n) is 2.22. The normalized spacial score (nSPS) is 8.77. The zero-order chi connectivity index (χ0) is 10.9. The summed E-state index contributed by atoms with van der Waals surface area (Å²) in [4.78, 5) is 19.4. The molecule has 0 aliphatic carbocycles. The first-order chi connectivity index (χ1) is 5.90. The summed E-state index contributed by atoms with van der Waals surface area (Å²) in [6.07, 6.45) is 0.253. The molecule has 0 atom stereocenters. The van der Waals surface area contributed by atoms with Gasteiger partial charge in [0.05, 0.1) is 6.61 Å². The molecule has 0 bridgehead atoms. The Hall–Kier alpha value is -0.280. The van der Waals surface area contributed by atoms with E-state index < -0.39 is 4.84 Å². The first-order valence-corrected chi connectivity index (χ1v) is 4.68. The van der Waals surface area contributed by atoms with Crippen molar-refractivity contribution in [2.45, 2.75) is 32.0 Å². The van der Waals surface area contributed by atoms with Crippen LogP contribution in [-0.2, 0) is 14.3 Å². The van der Waals surface area contributed by atoms with Crippen LogP contribution in [0.4, 0.5) is 0 Å². The third kappa shape index (κ3) is 24.5. The number of carbonyl (C=O) groups excluding carboxylic acids is 2. The van der Waals surface area contributed by atoms with Crippen LogP contribution in [0.5, 0.6) is 0 Å². The van der Waals surface area contributed by atoms with E-state index in [2.05, 4.69) is 4.74 Å². The second-order valence-corrected chi connectivity index (χ2v) is 3.50. The van der Waals surface area contributed by atoms with Gasteiger partial charge in [0, 0.05) is 13.3 Å². The standard InChI is InChI=1S/C4H6Cl2O.C4H8O2/c1-3(7)2-4(5)6;1-3-6-4(2)5/h4H,2H2,1H3;3H2,1-2H3. The van der Waals surface area contributed by atoms with Gasteiger partial charge in [-0.15, -0.1) is 23.2 Å². The maximum absolute atomic E-state index is 10.1. The molecule has 0 saturated carbocycles. The highest BCUT2D eigenvalue weighted by Crippen LogP contribution is 2.05. The van der Waals surface area contributed by atoms with Gasteiger partial charge in [0.25, 0.3) is 0 Å². The predicted molar refractivity (Wildman–Crippen MR) is 53.1 cm³/mol. The number of carbonyl (C=O) groups is 2. The second kappa shape index (κ2) is 9.81. The summed E-state index contributed by atoms with van der Waals surface area (Å²) in [6, 6.07) is 0. The highest BCUT2D eigenvalue weighted by molar-refractivity contribution is 6.45. The molecule has 0 unspecified atom stereocenters. The number of esters is 1. The summed E-state index contributed by atoms with van der Waals surface area (Å²) in [6.45, 7) is 5.11. The van der Waals surface area contributed by atoms with E-state index in [1.807, 2.05) is 0 Å². The van der Waals surface area contributed by atoms with Gasteiger partial charge < -0.3 is 4.74 Å². The van der Waals surface area contributed by atoms with E-state index in [9.17, 15) is 9.59 Å². The van der Waals surface area contributed by atoms with Crippen LogP contribution in [0.25, 0.3) is 0 Å². The Bertz CT molecular complexity index is 157. The fraction of sp³-hybridized carbons (Fsp3) is 0.750. The third-order valence-electron chi connectivity index (χ3n) is 0.789. The molecule has 0 rings (SSSR count). The van der Waals surface area contributed by atoms with Gasteiger partial charge in [-0.05, 0) is 13.8 Å². The zero-order valence-electron chi connectivity index (χ0n) is 7.97. The van der Waals surface area contributed by atoms with E-state index in [-0.39, 0.29) is 18.2 Å². The number of ketones is 1. The van der Waals surface area contributed by atoms with Gasteiger partial charge in [-0.3, -0.25) is 9.59 Å². The highest BCUT2D eigenvalue weighted by atomic mass is 35.5. The van der Waals surface area contributed by atoms with Gasteiger partial charge >= 0.3 is 5.97 Å². The molecule has 3 nitrogen and oxygen atoms in total. The van der Waals surface area contributed by atoms with Gasteiger partial charge in [-0.1, -0.05) is 0 Å². The van der Waals surface area contributed by atoms with Crippen molar-refractivity contribution in [3.8, 4) is 0 Å². The minimum Gasteiger partial charge on any atom is -0.466 e. The lowest BCUT2D eigenvalue weighted by Gasteiger charge is -1.90. The molecular weight excluding hydrogens is 215 g/mol. The van der Waals surface area contributed by atoms with Crippen LogP contribution in [0.3, 0.4) is 0 Å². The average molecular weight is 229 g/mol. The van der Waals surface area contributed by atoms with Crippen LogP contribution in [0.1, 0.15) is 27.2 Å². The van der Waals surface area contributed by atoms with Crippen LogP contribution in [0, 0.1) is 0 Å². The van der Waals surface area contributed by atoms with E-state index in [0.29, 0.717) is 6.61 Å². The largest absolute Gasteiger partial charge is 0.466 e. The van der Waals surface area contributed by atoms with Crippen molar-refractivity contribution in [3.63, 3.8) is 0 Å². The van der Waals surface area contributed by atoms with Crippen LogP contribution in [0.2, 0.25) is 0 Å². The monoisotopic (exact) mass is 228 g/mol. The lowest BCUT2D eigenvalue weighted by atomic mass is 10.4. The van der Waals surface area contributed by atoms with Gasteiger partial charge in [-0.25, -0.2) is 0 Å². The number of rotatable bonds is 3. The van der Waals surface area contributed by atoms with E-state index in [1.54, 1.807) is 6.92 Å². The maximum Gasteiger partial charge on any atom is 0.302 e. The van der Waals surface area contributed by atoms with E-state index in [4.69, 9.17) is 23.2 Å². The van der Waals surface area contributed by atoms with E-state index in [0.717, 1.165) is 0 Å². The van der Waals surface area contributed by atoms with Crippen molar-refractivity contribution in [1.29, 1.82) is 0 Å². The predicted octanol–water partition coefficient (Wildman–Crippen LogP) is 2.34. The van der Waals surface area contributed by atoms with Crippen LogP contribution < -0.4 is 0 Å². The molecule has 0 aromatic carbocycles. The van der Waals surface area contributed by atoms with Crippen LogP contribution >= 0.6 is 23.2 Å². The summed E-state index contributed by atoms with van der Waals surface area (Å²) in [7, 11) is 0. The number of Topliss-reactive ketones (excluding diaryl/α,β-unsaturated/α-hetero) is 1. The number of hydrogen-bond acceptors (Lipinski definition) is 3. The Labute approximate surface area is 88.3 Å². The molecule has 78 valence electrons. The number of ether oxygens (including phenoxy) is 1. The lowest BCUT2D eigenvalue weighted by molar-refractivity contribution is -0.140. The van der Waals surface area contributed by atoms with Gasteiger partial charge in [0.2, 0.25) is 0 Å². The molecule has 0 aliphatic heterocycles. The zero-order valence-corrected chi connectivity index (χ0v) is 9.48. The van der Waals surface area contributed by atoms with Gasteiger partial charge in [0.15, 0.2) is 0 Å². The molecule has 0 fully saturated rings. The molecule has 0 spiro atoms. The van der Waals surface area contributed by atoms with Crippen molar-refractivity contribution in [2.75, 3.05) is 6.61 Å². The quantitative estimate of drug-likeness (QED) is 0.551. The van der Waals surface area contributed by atoms with Crippen molar-refractivity contribution in [1.82, 2.24) is 0 Å². The highest BCUT2D eigenvalue weighted by Gasteiger charge is 2.00. The van der Waals surface area contributed by atoms with Crippen molar-refractivity contribution in [3.05, 3.63) is 0 Å². The molecule has 0 radical (unpaired) electrons. The maximum atomic E-state index is 10.1. The third-order valence-corrected chi connectivity index (χ3v) is 1.10. The summed E-state index contributed by atoms with van der Waals surface area (Å²) in [5.41, 5.74) is 0. The molecule has 0 heterocycles. The lowest BCUT2D eigenvalue weighted by Crippen LogP contribution is -1.95. The summed E-state index contributed by atoms with van der Waals surface area (Å²) < 4.78 is 4.40. The summed E-state index contributed by atoms with van der Waals surface area (Å²) >= 11 is 10.4. The van der Waals surface area contributed by atoms with E-state index in [1.165, 1.54) is 13.8 Å². The molecular formula is C8H14Cl2O3. The number of halogens is 2. The van der Waals surface area contributed by atoms with Gasteiger partial charge in [-0.2, -0.15) is 0 Å². The van der Waals surface area contributed by atoms with Crippen LogP contribution in [0.15, 0.2) is 0 Å². The Balaban J connectivity index is 0.